The Morgan fingerprint density at radius 2 is 1.52 bits per heavy atom. The molecule has 1 atom stereocenters. The van der Waals surface area contributed by atoms with Crippen LogP contribution in [0.3, 0.4) is 0 Å². The van der Waals surface area contributed by atoms with E-state index in [9.17, 15) is 9.90 Å². The summed E-state index contributed by atoms with van der Waals surface area (Å²) in [6.07, 6.45) is 6.06. The number of rotatable bonds is 4. The number of carbonyl (C=O) groups is 1. The van der Waals surface area contributed by atoms with E-state index in [-0.39, 0.29) is 11.3 Å². The number of aliphatic hydroxyl groups is 1. The largest absolute Gasteiger partial charge is 0.486 e. The topological polar surface area (TPSA) is 67.8 Å². The minimum Gasteiger partial charge on any atom is -0.486 e. The van der Waals surface area contributed by atoms with Crippen molar-refractivity contribution in [2.45, 2.75) is 44.6 Å². The highest BCUT2D eigenvalue weighted by Crippen LogP contribution is 2.60. The SMILES string of the molecule is O=C(Nc1cc2c(cc1[C@@H](O)c1ccccc1)OCCO2)C12CC3CC(CC(C3)C1)C2. The van der Waals surface area contributed by atoms with Gasteiger partial charge in [-0.15, -0.1) is 0 Å². The van der Waals surface area contributed by atoms with E-state index in [2.05, 4.69) is 5.32 Å². The number of anilines is 1. The fraction of sp³-hybridized carbons (Fsp3) is 0.500. The van der Waals surface area contributed by atoms with Crippen molar-refractivity contribution in [1.82, 2.24) is 0 Å². The Morgan fingerprint density at radius 3 is 2.13 bits per heavy atom. The molecule has 2 aromatic carbocycles. The summed E-state index contributed by atoms with van der Waals surface area (Å²) in [6, 6.07) is 13.2. The van der Waals surface area contributed by atoms with Crippen LogP contribution in [0.2, 0.25) is 0 Å². The van der Waals surface area contributed by atoms with Crippen molar-refractivity contribution in [2.75, 3.05) is 18.5 Å². The first-order chi connectivity index (χ1) is 15.1. The van der Waals surface area contributed by atoms with Crippen LogP contribution in [0.25, 0.3) is 0 Å². The van der Waals surface area contributed by atoms with Gasteiger partial charge in [0.1, 0.15) is 19.3 Å². The lowest BCUT2D eigenvalue weighted by molar-refractivity contribution is -0.140. The van der Waals surface area contributed by atoms with Crippen molar-refractivity contribution in [3.05, 3.63) is 53.6 Å². The zero-order valence-electron chi connectivity index (χ0n) is 17.7. The van der Waals surface area contributed by atoms with Crippen LogP contribution in [0.4, 0.5) is 5.69 Å². The number of aliphatic hydroxyl groups excluding tert-OH is 1. The fourth-order valence-electron chi connectivity index (χ4n) is 6.90. The summed E-state index contributed by atoms with van der Waals surface area (Å²) in [7, 11) is 0. The predicted octanol–water partition coefficient (Wildman–Crippen LogP) is 4.69. The van der Waals surface area contributed by atoms with Gasteiger partial charge in [0.25, 0.3) is 0 Å². The molecule has 0 radical (unpaired) electrons. The molecule has 1 heterocycles. The summed E-state index contributed by atoms with van der Waals surface area (Å²) in [5.41, 5.74) is 1.80. The average molecular weight is 420 g/mol. The third kappa shape index (κ3) is 3.30. The van der Waals surface area contributed by atoms with E-state index in [0.717, 1.165) is 24.8 Å². The van der Waals surface area contributed by atoms with Gasteiger partial charge in [0.05, 0.1) is 11.1 Å². The highest BCUT2D eigenvalue weighted by atomic mass is 16.6. The number of carbonyl (C=O) groups excluding carboxylic acids is 1. The summed E-state index contributed by atoms with van der Waals surface area (Å²) >= 11 is 0. The lowest BCUT2D eigenvalue weighted by Gasteiger charge is -2.55. The second kappa shape index (κ2) is 7.27. The molecule has 0 aromatic heterocycles. The van der Waals surface area contributed by atoms with Crippen LogP contribution in [-0.4, -0.2) is 24.2 Å². The van der Waals surface area contributed by atoms with Crippen LogP contribution >= 0.6 is 0 Å². The molecule has 31 heavy (non-hydrogen) atoms. The average Bonchev–Trinajstić information content (AvgIpc) is 2.78. The molecular weight excluding hydrogens is 390 g/mol. The maximum atomic E-state index is 13.7. The molecule has 1 aliphatic heterocycles. The van der Waals surface area contributed by atoms with Gasteiger partial charge in [0.15, 0.2) is 11.5 Å². The Balaban J connectivity index is 1.35. The number of benzene rings is 2. The molecule has 2 N–H and O–H groups in total. The highest BCUT2D eigenvalue weighted by Gasteiger charge is 2.54. The van der Waals surface area contributed by atoms with Crippen molar-refractivity contribution in [1.29, 1.82) is 0 Å². The first-order valence-electron chi connectivity index (χ1n) is 11.6. The van der Waals surface area contributed by atoms with Gasteiger partial charge in [-0.2, -0.15) is 0 Å². The molecule has 4 aliphatic carbocycles. The third-order valence-electron chi connectivity index (χ3n) is 7.89. The zero-order chi connectivity index (χ0) is 21.0. The number of fused-ring (bicyclic) bond motifs is 1. The standard InChI is InChI=1S/C26H29NO4/c28-24(19-4-2-1-3-5-19)20-11-22-23(31-7-6-30-22)12-21(20)27-25(29)26-13-16-8-17(14-26)10-18(9-16)15-26/h1-5,11-12,16-18,24,28H,6-10,13-15H2,(H,27,29)/t16?,17?,18?,24-,26?/m0/s1. The Morgan fingerprint density at radius 1 is 0.935 bits per heavy atom. The minimum atomic E-state index is -0.858. The molecule has 1 amide bonds. The Kier molecular flexibility index (Phi) is 4.49. The third-order valence-corrected chi connectivity index (χ3v) is 7.89. The maximum absolute atomic E-state index is 13.7. The van der Waals surface area contributed by atoms with E-state index in [1.807, 2.05) is 42.5 Å². The molecule has 5 aliphatic rings. The fourth-order valence-corrected chi connectivity index (χ4v) is 6.90. The van der Waals surface area contributed by atoms with Gasteiger partial charge in [-0.25, -0.2) is 0 Å². The van der Waals surface area contributed by atoms with Crippen LogP contribution in [0.15, 0.2) is 42.5 Å². The Bertz CT molecular complexity index is 967. The Hall–Kier alpha value is -2.53. The predicted molar refractivity (Wildman–Crippen MR) is 117 cm³/mol. The number of hydrogen-bond donors (Lipinski definition) is 2. The summed E-state index contributed by atoms with van der Waals surface area (Å²) in [5, 5.41) is 14.4. The molecule has 5 nitrogen and oxygen atoms in total. The maximum Gasteiger partial charge on any atom is 0.230 e. The molecular formula is C26H29NO4. The van der Waals surface area contributed by atoms with Gasteiger partial charge >= 0.3 is 0 Å². The van der Waals surface area contributed by atoms with E-state index in [1.54, 1.807) is 0 Å². The molecule has 4 saturated carbocycles. The molecule has 5 heteroatoms. The van der Waals surface area contributed by atoms with E-state index in [0.29, 0.717) is 53.7 Å². The van der Waals surface area contributed by atoms with E-state index in [1.165, 1.54) is 19.3 Å². The smallest absolute Gasteiger partial charge is 0.230 e. The molecule has 2 aromatic rings. The molecule has 7 rings (SSSR count). The van der Waals surface area contributed by atoms with Gasteiger partial charge in [0, 0.05) is 11.6 Å². The number of hydrogen-bond acceptors (Lipinski definition) is 4. The molecule has 0 unspecified atom stereocenters. The van der Waals surface area contributed by atoms with Gasteiger partial charge < -0.3 is 19.9 Å². The second-order valence-corrected chi connectivity index (χ2v) is 10.0. The highest BCUT2D eigenvalue weighted by molar-refractivity contribution is 5.97. The lowest BCUT2D eigenvalue weighted by atomic mass is 9.49. The van der Waals surface area contributed by atoms with E-state index >= 15 is 0 Å². The van der Waals surface area contributed by atoms with Crippen LogP contribution in [0, 0.1) is 23.2 Å². The summed E-state index contributed by atoms with van der Waals surface area (Å²) in [6.45, 7) is 0.961. The molecule has 162 valence electrons. The second-order valence-electron chi connectivity index (χ2n) is 10.0. The van der Waals surface area contributed by atoms with E-state index in [4.69, 9.17) is 9.47 Å². The van der Waals surface area contributed by atoms with Gasteiger partial charge in [-0.05, 0) is 67.9 Å². The monoisotopic (exact) mass is 419 g/mol. The van der Waals surface area contributed by atoms with Crippen molar-refractivity contribution in [3.8, 4) is 11.5 Å². The molecule has 0 saturated heterocycles. The summed E-state index contributed by atoms with van der Waals surface area (Å²) in [5.74, 6) is 3.45. The first-order valence-corrected chi connectivity index (χ1v) is 11.6. The molecule has 0 spiro atoms. The van der Waals surface area contributed by atoms with Crippen LogP contribution in [0.1, 0.15) is 55.8 Å². The molecule has 4 bridgehead atoms. The number of ether oxygens (including phenoxy) is 2. The summed E-state index contributed by atoms with van der Waals surface area (Å²) < 4.78 is 11.5. The van der Waals surface area contributed by atoms with Crippen LogP contribution in [-0.2, 0) is 4.79 Å². The van der Waals surface area contributed by atoms with Crippen molar-refractivity contribution < 1.29 is 19.4 Å². The summed E-state index contributed by atoms with van der Waals surface area (Å²) in [4.78, 5) is 13.7. The number of nitrogens with one attached hydrogen (secondary N) is 1. The normalized spacial score (nSPS) is 31.3. The first kappa shape index (κ1) is 19.2. The van der Waals surface area contributed by atoms with E-state index < -0.39 is 6.10 Å². The van der Waals surface area contributed by atoms with Gasteiger partial charge in [-0.3, -0.25) is 4.79 Å². The quantitative estimate of drug-likeness (QED) is 0.754. The van der Waals surface area contributed by atoms with Gasteiger partial charge in [-0.1, -0.05) is 30.3 Å². The van der Waals surface area contributed by atoms with Crippen LogP contribution < -0.4 is 14.8 Å². The minimum absolute atomic E-state index is 0.116. The lowest BCUT2D eigenvalue weighted by Crippen LogP contribution is -2.51. The van der Waals surface area contributed by atoms with Gasteiger partial charge in [0.2, 0.25) is 5.91 Å². The van der Waals surface area contributed by atoms with Crippen molar-refractivity contribution in [3.63, 3.8) is 0 Å². The van der Waals surface area contributed by atoms with Crippen LogP contribution in [0.5, 0.6) is 11.5 Å². The number of amides is 1. The Labute approximate surface area is 182 Å². The van der Waals surface area contributed by atoms with Crippen molar-refractivity contribution in [2.24, 2.45) is 23.2 Å². The zero-order valence-corrected chi connectivity index (χ0v) is 17.7. The molecule has 4 fully saturated rings. The van der Waals surface area contributed by atoms with Crippen molar-refractivity contribution >= 4 is 11.6 Å².